The highest BCUT2D eigenvalue weighted by molar-refractivity contribution is 5.72. The third-order valence-corrected chi connectivity index (χ3v) is 4.36. The Morgan fingerprint density at radius 1 is 1.39 bits per heavy atom. The van der Waals surface area contributed by atoms with Crippen LogP contribution in [-0.4, -0.2) is 31.9 Å². The molecule has 0 radical (unpaired) electrons. The lowest BCUT2D eigenvalue weighted by molar-refractivity contribution is -0.119. The Morgan fingerprint density at radius 3 is 2.91 bits per heavy atom. The van der Waals surface area contributed by atoms with Crippen molar-refractivity contribution >= 4 is 5.91 Å². The number of aromatic nitrogens is 3. The van der Waals surface area contributed by atoms with Crippen molar-refractivity contribution in [3.05, 3.63) is 47.8 Å². The number of carbonyl (C=O) groups excluding carboxylic acids is 1. The molecule has 1 N–H and O–H groups in total. The minimum absolute atomic E-state index is 0.0221. The van der Waals surface area contributed by atoms with E-state index in [9.17, 15) is 4.79 Å². The van der Waals surface area contributed by atoms with Crippen LogP contribution in [0.1, 0.15) is 42.9 Å². The number of rotatable bonds is 5. The van der Waals surface area contributed by atoms with E-state index in [1.807, 2.05) is 25.6 Å². The van der Waals surface area contributed by atoms with Crippen LogP contribution < -0.4 is 5.32 Å². The number of imidazole rings is 1. The van der Waals surface area contributed by atoms with Gasteiger partial charge in [-0.3, -0.25) is 14.7 Å². The van der Waals surface area contributed by atoms with Crippen LogP contribution in [0.4, 0.5) is 0 Å². The van der Waals surface area contributed by atoms with E-state index in [0.29, 0.717) is 12.6 Å². The van der Waals surface area contributed by atoms with Crippen molar-refractivity contribution in [2.24, 2.45) is 7.05 Å². The lowest BCUT2D eigenvalue weighted by Crippen LogP contribution is -2.25. The number of nitrogens with one attached hydrogen (secondary N) is 1. The molecule has 0 saturated carbocycles. The van der Waals surface area contributed by atoms with Gasteiger partial charge in [0.15, 0.2) is 0 Å². The molecule has 3 rings (SSSR count). The molecule has 1 saturated heterocycles. The summed E-state index contributed by atoms with van der Waals surface area (Å²) in [6, 6.07) is 4.48. The van der Waals surface area contributed by atoms with Gasteiger partial charge in [0.05, 0.1) is 18.3 Å². The Bertz CT molecular complexity index is 664. The summed E-state index contributed by atoms with van der Waals surface area (Å²) in [5, 5.41) is 2.80. The number of likely N-dealkylation sites (tertiary alicyclic amines) is 1. The maximum Gasteiger partial charge on any atom is 0.217 e. The molecule has 6 heteroatoms. The summed E-state index contributed by atoms with van der Waals surface area (Å²) in [7, 11) is 2.03. The molecule has 0 bridgehead atoms. The minimum atomic E-state index is -0.0221. The average Bonchev–Trinajstić information content (AvgIpc) is 3.16. The Kier molecular flexibility index (Phi) is 4.71. The summed E-state index contributed by atoms with van der Waals surface area (Å²) < 4.78 is 2.07. The molecule has 2 aromatic rings. The number of hydrogen-bond acceptors (Lipinski definition) is 4. The maximum atomic E-state index is 11.0. The summed E-state index contributed by atoms with van der Waals surface area (Å²) >= 11 is 0. The highest BCUT2D eigenvalue weighted by atomic mass is 16.1. The predicted octanol–water partition coefficient (Wildman–Crippen LogP) is 1.79. The third kappa shape index (κ3) is 3.76. The van der Waals surface area contributed by atoms with Gasteiger partial charge < -0.3 is 9.88 Å². The molecular formula is C17H23N5O. The fourth-order valence-electron chi connectivity index (χ4n) is 3.04. The second-order valence-corrected chi connectivity index (χ2v) is 6.08. The Balaban J connectivity index is 1.67. The van der Waals surface area contributed by atoms with Gasteiger partial charge in [-0.25, -0.2) is 4.98 Å². The molecule has 23 heavy (non-hydrogen) atoms. The lowest BCUT2D eigenvalue weighted by Gasteiger charge is -2.23. The van der Waals surface area contributed by atoms with Crippen molar-refractivity contribution in [1.82, 2.24) is 24.8 Å². The second-order valence-electron chi connectivity index (χ2n) is 6.08. The van der Waals surface area contributed by atoms with Crippen LogP contribution in [0.25, 0.3) is 0 Å². The van der Waals surface area contributed by atoms with Crippen molar-refractivity contribution in [1.29, 1.82) is 0 Å². The van der Waals surface area contributed by atoms with E-state index >= 15 is 0 Å². The largest absolute Gasteiger partial charge is 0.352 e. The number of aryl methyl sites for hydroxylation is 1. The molecule has 1 fully saturated rings. The molecule has 0 aliphatic carbocycles. The van der Waals surface area contributed by atoms with E-state index < -0.39 is 0 Å². The normalized spacial score (nSPS) is 18.3. The van der Waals surface area contributed by atoms with E-state index in [2.05, 4.69) is 36.9 Å². The molecule has 0 spiro atoms. The zero-order valence-electron chi connectivity index (χ0n) is 13.7. The van der Waals surface area contributed by atoms with E-state index in [1.54, 1.807) is 0 Å². The quantitative estimate of drug-likeness (QED) is 0.914. The van der Waals surface area contributed by atoms with E-state index in [4.69, 9.17) is 0 Å². The van der Waals surface area contributed by atoms with Crippen LogP contribution in [0.15, 0.2) is 30.7 Å². The van der Waals surface area contributed by atoms with Crippen LogP contribution in [0.3, 0.4) is 0 Å². The van der Waals surface area contributed by atoms with Gasteiger partial charge in [0.25, 0.3) is 0 Å². The second kappa shape index (κ2) is 6.91. The van der Waals surface area contributed by atoms with Crippen molar-refractivity contribution in [2.75, 3.05) is 6.54 Å². The van der Waals surface area contributed by atoms with Crippen molar-refractivity contribution < 1.29 is 4.79 Å². The van der Waals surface area contributed by atoms with Gasteiger partial charge in [-0.05, 0) is 31.0 Å². The smallest absolute Gasteiger partial charge is 0.217 e. The van der Waals surface area contributed by atoms with E-state index in [1.165, 1.54) is 13.3 Å². The first-order chi connectivity index (χ1) is 11.1. The van der Waals surface area contributed by atoms with Crippen LogP contribution in [0.5, 0.6) is 0 Å². The summed E-state index contributed by atoms with van der Waals surface area (Å²) in [6.45, 7) is 3.98. The topological polar surface area (TPSA) is 63.1 Å². The average molecular weight is 313 g/mol. The van der Waals surface area contributed by atoms with Gasteiger partial charge in [-0.1, -0.05) is 6.07 Å². The predicted molar refractivity (Wildman–Crippen MR) is 87.4 cm³/mol. The van der Waals surface area contributed by atoms with Gasteiger partial charge in [-0.2, -0.15) is 0 Å². The number of pyridine rings is 1. The molecule has 0 aromatic carbocycles. The van der Waals surface area contributed by atoms with E-state index in [-0.39, 0.29) is 5.91 Å². The van der Waals surface area contributed by atoms with Crippen molar-refractivity contribution in [3.8, 4) is 0 Å². The third-order valence-electron chi connectivity index (χ3n) is 4.36. The molecule has 2 aromatic heterocycles. The van der Waals surface area contributed by atoms with Gasteiger partial charge in [0.1, 0.15) is 5.82 Å². The van der Waals surface area contributed by atoms with Gasteiger partial charge in [0.2, 0.25) is 5.91 Å². The molecule has 1 aliphatic rings. The van der Waals surface area contributed by atoms with E-state index in [0.717, 1.165) is 36.6 Å². The fourth-order valence-corrected chi connectivity index (χ4v) is 3.04. The first kappa shape index (κ1) is 15.7. The van der Waals surface area contributed by atoms with Gasteiger partial charge in [0, 0.05) is 39.1 Å². The fraction of sp³-hybridized carbons (Fsp3) is 0.471. The Labute approximate surface area is 136 Å². The summed E-state index contributed by atoms with van der Waals surface area (Å²) in [4.78, 5) is 22.5. The van der Waals surface area contributed by atoms with Crippen molar-refractivity contribution in [3.63, 3.8) is 0 Å². The maximum absolute atomic E-state index is 11.0. The first-order valence-corrected chi connectivity index (χ1v) is 8.03. The molecule has 6 nitrogen and oxygen atoms in total. The summed E-state index contributed by atoms with van der Waals surface area (Å²) in [6.07, 6.45) is 8.00. The molecule has 1 amide bonds. The van der Waals surface area contributed by atoms with Crippen LogP contribution in [-0.2, 0) is 24.9 Å². The summed E-state index contributed by atoms with van der Waals surface area (Å²) in [5.41, 5.74) is 2.13. The highest BCUT2D eigenvalue weighted by Crippen LogP contribution is 2.31. The Hall–Kier alpha value is -2.21. The number of nitrogens with zero attached hydrogens (tertiary/aromatic N) is 4. The number of carbonyl (C=O) groups is 1. The number of hydrogen-bond donors (Lipinski definition) is 1. The molecule has 1 atom stereocenters. The molecule has 1 aliphatic heterocycles. The Morgan fingerprint density at radius 2 is 2.26 bits per heavy atom. The standard InChI is InChI=1S/C17H23N5O/c1-13(23)19-10-14-5-6-15(20-11-14)16-4-3-8-22(16)12-17-18-7-9-21(17)2/h5-7,9,11,16H,3-4,8,10,12H2,1-2H3,(H,19,23)/t16-/m1/s1. The number of amides is 1. The molecule has 0 unspecified atom stereocenters. The van der Waals surface area contributed by atoms with Crippen LogP contribution in [0, 0.1) is 0 Å². The lowest BCUT2D eigenvalue weighted by atomic mass is 10.1. The van der Waals surface area contributed by atoms with Crippen LogP contribution >= 0.6 is 0 Å². The van der Waals surface area contributed by atoms with Crippen LogP contribution in [0.2, 0.25) is 0 Å². The minimum Gasteiger partial charge on any atom is -0.352 e. The SMILES string of the molecule is CC(=O)NCc1ccc([C@H]2CCCN2Cc2nccn2C)nc1. The zero-order chi connectivity index (χ0) is 16.2. The molecule has 3 heterocycles. The molecular weight excluding hydrogens is 290 g/mol. The molecule has 122 valence electrons. The van der Waals surface area contributed by atoms with Gasteiger partial charge in [-0.15, -0.1) is 0 Å². The van der Waals surface area contributed by atoms with Gasteiger partial charge >= 0.3 is 0 Å². The zero-order valence-corrected chi connectivity index (χ0v) is 13.7. The highest BCUT2D eigenvalue weighted by Gasteiger charge is 2.27. The monoisotopic (exact) mass is 313 g/mol. The summed E-state index contributed by atoms with van der Waals surface area (Å²) in [5.74, 6) is 1.06. The first-order valence-electron chi connectivity index (χ1n) is 8.03. The van der Waals surface area contributed by atoms with Crippen molar-refractivity contribution in [2.45, 2.75) is 38.9 Å².